The van der Waals surface area contributed by atoms with E-state index in [1.165, 1.54) is 21.9 Å². The molecule has 1 aliphatic rings. The summed E-state index contributed by atoms with van der Waals surface area (Å²) >= 11 is 0. The van der Waals surface area contributed by atoms with Crippen LogP contribution in [0.5, 0.6) is 0 Å². The van der Waals surface area contributed by atoms with E-state index in [9.17, 15) is 0 Å². The third kappa shape index (κ3) is 1.94. The van der Waals surface area contributed by atoms with Crippen molar-refractivity contribution < 1.29 is 0 Å². The first-order valence-corrected chi connectivity index (χ1v) is 14.5. The molecule has 0 aromatic heterocycles. The molecule has 0 nitrogen and oxygen atoms in total. The van der Waals surface area contributed by atoms with Gasteiger partial charge in [-0.15, -0.1) is 0 Å². The monoisotopic (exact) mass is 296 g/mol. The fourth-order valence-electron chi connectivity index (χ4n) is 3.59. The van der Waals surface area contributed by atoms with Gasteiger partial charge in [-0.05, 0) is 21.9 Å². The number of benzene rings is 2. The van der Waals surface area contributed by atoms with E-state index in [0.717, 1.165) is 0 Å². The molecule has 0 radical (unpaired) electrons. The van der Waals surface area contributed by atoms with Crippen molar-refractivity contribution in [2.45, 2.75) is 39.3 Å². The first-order chi connectivity index (χ1) is 9.21. The number of rotatable bonds is 2. The van der Waals surface area contributed by atoms with Gasteiger partial charge in [0.2, 0.25) is 0 Å². The first-order valence-electron chi connectivity index (χ1n) is 7.49. The summed E-state index contributed by atoms with van der Waals surface area (Å²) < 4.78 is 0. The highest BCUT2D eigenvalue weighted by atomic mass is 28.3. The van der Waals surface area contributed by atoms with Crippen LogP contribution in [-0.2, 0) is 0 Å². The summed E-state index contributed by atoms with van der Waals surface area (Å²) in [6.45, 7) is 15.0. The zero-order valence-corrected chi connectivity index (χ0v) is 15.5. The van der Waals surface area contributed by atoms with Gasteiger partial charge in [-0.2, -0.15) is 0 Å². The zero-order valence-electron chi connectivity index (χ0n) is 13.5. The van der Waals surface area contributed by atoms with Gasteiger partial charge in [0.15, 0.2) is 0 Å². The quantitative estimate of drug-likeness (QED) is 0.613. The van der Waals surface area contributed by atoms with Crippen molar-refractivity contribution in [1.82, 2.24) is 0 Å². The lowest BCUT2D eigenvalue weighted by molar-refractivity contribution is 1.69. The largest absolute Gasteiger partial charge is 0.0782 e. The van der Waals surface area contributed by atoms with E-state index < -0.39 is 16.1 Å². The minimum Gasteiger partial charge on any atom is -0.0656 e. The number of hydrogen-bond acceptors (Lipinski definition) is 0. The smallest absolute Gasteiger partial charge is 0.0656 e. The second kappa shape index (κ2) is 4.18. The van der Waals surface area contributed by atoms with Crippen molar-refractivity contribution in [3.63, 3.8) is 0 Å². The minimum atomic E-state index is -1.36. The van der Waals surface area contributed by atoms with Gasteiger partial charge in [-0.25, -0.2) is 0 Å². The molecule has 0 fully saturated rings. The predicted molar refractivity (Wildman–Crippen MR) is 97.5 cm³/mol. The minimum absolute atomic E-state index is 1.36. The van der Waals surface area contributed by atoms with Crippen LogP contribution in [0.2, 0.25) is 39.3 Å². The van der Waals surface area contributed by atoms with E-state index in [1.54, 1.807) is 10.4 Å². The van der Waals surface area contributed by atoms with E-state index in [-0.39, 0.29) is 0 Å². The van der Waals surface area contributed by atoms with Crippen molar-refractivity contribution >= 4 is 37.3 Å². The van der Waals surface area contributed by atoms with Crippen LogP contribution in [-0.4, -0.2) is 16.1 Å². The Morgan fingerprint density at radius 1 is 0.600 bits per heavy atom. The molecular formula is C18H24Si2. The van der Waals surface area contributed by atoms with Crippen LogP contribution in [0.15, 0.2) is 36.4 Å². The average molecular weight is 297 g/mol. The maximum atomic E-state index is 2.49. The van der Waals surface area contributed by atoms with Crippen LogP contribution in [0.3, 0.4) is 0 Å². The average Bonchev–Trinajstić information content (AvgIpc) is 2.66. The third-order valence-electron chi connectivity index (χ3n) is 4.19. The van der Waals surface area contributed by atoms with Crippen LogP contribution < -0.4 is 0 Å². The summed E-state index contributed by atoms with van der Waals surface area (Å²) in [4.78, 5) is 0. The third-order valence-corrected chi connectivity index (χ3v) is 8.48. The Labute approximate surface area is 124 Å². The molecule has 0 spiro atoms. The van der Waals surface area contributed by atoms with Gasteiger partial charge >= 0.3 is 0 Å². The maximum absolute atomic E-state index is 2.49. The molecule has 1 aliphatic carbocycles. The van der Waals surface area contributed by atoms with E-state index in [2.05, 4.69) is 75.7 Å². The van der Waals surface area contributed by atoms with E-state index in [1.807, 2.05) is 0 Å². The van der Waals surface area contributed by atoms with Crippen LogP contribution in [0.4, 0.5) is 0 Å². The fourth-order valence-corrected chi connectivity index (χ4v) is 9.64. The SMILES string of the molecule is C[Si](C)(C)C1=C([Si](C)(C)C)c2cccc3cccc1c23. The lowest BCUT2D eigenvalue weighted by Gasteiger charge is -2.28. The standard InChI is InChI=1S/C18H24Si2/c1-19(2,3)17-14-11-7-9-13-10-8-12-15(16(13)14)18(17)20(4,5)6/h7-12H,1-6H3. The Kier molecular flexibility index (Phi) is 2.90. The van der Waals surface area contributed by atoms with Gasteiger partial charge in [0.05, 0.1) is 16.1 Å². The summed E-state index contributed by atoms with van der Waals surface area (Å²) in [5, 5.41) is 6.38. The van der Waals surface area contributed by atoms with Gasteiger partial charge in [-0.1, -0.05) is 86.1 Å². The van der Waals surface area contributed by atoms with Crippen molar-refractivity contribution in [1.29, 1.82) is 0 Å². The Morgan fingerprint density at radius 2 is 1.00 bits per heavy atom. The summed E-state index contributed by atoms with van der Waals surface area (Å²) in [7, 11) is -2.71. The van der Waals surface area contributed by atoms with E-state index in [0.29, 0.717) is 0 Å². The molecule has 2 aromatic rings. The fraction of sp³-hybridized carbons (Fsp3) is 0.333. The lowest BCUT2D eigenvalue weighted by Crippen LogP contribution is -2.30. The van der Waals surface area contributed by atoms with Crippen molar-refractivity contribution in [3.05, 3.63) is 47.5 Å². The Bertz CT molecular complexity index is 666. The Hall–Kier alpha value is -1.13. The highest BCUT2D eigenvalue weighted by Gasteiger charge is 2.37. The second-order valence-corrected chi connectivity index (χ2v) is 18.0. The lowest BCUT2D eigenvalue weighted by atomic mass is 10.0. The molecule has 2 aromatic carbocycles. The summed E-state index contributed by atoms with van der Waals surface area (Å²) in [5.41, 5.74) is 3.07. The van der Waals surface area contributed by atoms with Crippen molar-refractivity contribution in [2.24, 2.45) is 0 Å². The highest BCUT2D eigenvalue weighted by Crippen LogP contribution is 2.49. The summed E-state index contributed by atoms with van der Waals surface area (Å²) in [6.07, 6.45) is 0. The van der Waals surface area contributed by atoms with Gasteiger partial charge in [0.1, 0.15) is 0 Å². The normalized spacial score (nSPS) is 15.3. The number of hydrogen-bond donors (Lipinski definition) is 0. The van der Waals surface area contributed by atoms with Gasteiger partial charge in [0.25, 0.3) is 0 Å². The molecule has 0 unspecified atom stereocenters. The molecular weight excluding hydrogens is 272 g/mol. The highest BCUT2D eigenvalue weighted by molar-refractivity contribution is 7.05. The Balaban J connectivity index is 2.48. The predicted octanol–water partition coefficient (Wildman–Crippen LogP) is 5.82. The molecule has 0 saturated carbocycles. The second-order valence-electron chi connectivity index (χ2n) is 7.96. The Morgan fingerprint density at radius 3 is 1.35 bits per heavy atom. The molecule has 2 heteroatoms. The molecule has 0 heterocycles. The van der Waals surface area contributed by atoms with Gasteiger partial charge < -0.3 is 0 Å². The molecule has 0 saturated heterocycles. The molecule has 0 N–H and O–H groups in total. The van der Waals surface area contributed by atoms with E-state index in [4.69, 9.17) is 0 Å². The molecule has 0 aliphatic heterocycles. The summed E-state index contributed by atoms with van der Waals surface area (Å²) in [6, 6.07) is 13.7. The topological polar surface area (TPSA) is 0 Å². The molecule has 0 atom stereocenters. The van der Waals surface area contributed by atoms with Crippen LogP contribution in [0.1, 0.15) is 11.1 Å². The van der Waals surface area contributed by atoms with E-state index >= 15 is 0 Å². The molecule has 0 bridgehead atoms. The van der Waals surface area contributed by atoms with Gasteiger partial charge in [0, 0.05) is 0 Å². The van der Waals surface area contributed by atoms with Crippen molar-refractivity contribution in [3.8, 4) is 0 Å². The first kappa shape index (κ1) is 13.8. The van der Waals surface area contributed by atoms with Crippen LogP contribution in [0, 0.1) is 0 Å². The molecule has 20 heavy (non-hydrogen) atoms. The summed E-state index contributed by atoms with van der Waals surface area (Å²) in [5.74, 6) is 0. The maximum Gasteiger partial charge on any atom is 0.0782 e. The zero-order chi connectivity index (χ0) is 14.7. The molecule has 0 amide bonds. The molecule has 104 valence electrons. The van der Waals surface area contributed by atoms with Crippen molar-refractivity contribution in [2.75, 3.05) is 0 Å². The molecule has 3 rings (SSSR count). The van der Waals surface area contributed by atoms with Gasteiger partial charge in [-0.3, -0.25) is 0 Å². The van der Waals surface area contributed by atoms with Crippen LogP contribution >= 0.6 is 0 Å². The van der Waals surface area contributed by atoms with Crippen LogP contribution in [0.25, 0.3) is 21.2 Å².